The van der Waals surface area contributed by atoms with Crippen LogP contribution in [0.5, 0.6) is 0 Å². The topological polar surface area (TPSA) is 205 Å². The molecule has 248 valence electrons. The minimum absolute atomic E-state index is 0.0417. The highest BCUT2D eigenvalue weighted by Crippen LogP contribution is 2.37. The maximum absolute atomic E-state index is 13.7. The molecule has 0 bridgehead atoms. The Hall–Kier alpha value is -5.50. The number of imidazole rings is 1. The van der Waals surface area contributed by atoms with Crippen molar-refractivity contribution in [3.8, 4) is 17.3 Å². The van der Waals surface area contributed by atoms with Crippen LogP contribution in [0.3, 0.4) is 0 Å². The summed E-state index contributed by atoms with van der Waals surface area (Å²) in [6, 6.07) is 7.02. The van der Waals surface area contributed by atoms with Gasteiger partial charge in [0.1, 0.15) is 6.54 Å². The quantitative estimate of drug-likeness (QED) is 0.125. The van der Waals surface area contributed by atoms with Crippen LogP contribution in [-0.4, -0.2) is 66.7 Å². The summed E-state index contributed by atoms with van der Waals surface area (Å²) in [6.45, 7) is 1.90. The maximum Gasteiger partial charge on any atom is 0.435 e. The number of alkyl halides is 3. The Kier molecular flexibility index (Phi) is 11.1. The fourth-order valence-electron chi connectivity index (χ4n) is 5.36. The van der Waals surface area contributed by atoms with E-state index in [2.05, 4.69) is 31.0 Å². The van der Waals surface area contributed by atoms with Crippen molar-refractivity contribution in [2.24, 2.45) is 11.7 Å². The van der Waals surface area contributed by atoms with E-state index in [1.54, 1.807) is 24.3 Å². The molecule has 4 aromatic rings. The number of hydrogen-bond acceptors (Lipinski definition) is 9. The number of nitrogens with two attached hydrogens (primary N) is 1. The number of aromatic nitrogens is 5. The average molecular weight is 655 g/mol. The molecule has 1 saturated carbocycles. The number of nitrogens with one attached hydrogen (secondary N) is 3. The number of benzene rings is 1. The molecule has 3 heterocycles. The molecule has 0 radical (unpaired) electrons. The number of anilines is 2. The number of carbonyl (C=O) groups is 3. The van der Waals surface area contributed by atoms with Crippen LogP contribution in [-0.2, 0) is 28.7 Å². The third-order valence-corrected chi connectivity index (χ3v) is 7.51. The van der Waals surface area contributed by atoms with Gasteiger partial charge in [0.15, 0.2) is 17.2 Å². The molecule has 1 aliphatic carbocycles. The van der Waals surface area contributed by atoms with Crippen LogP contribution >= 0.6 is 0 Å². The molecule has 2 amide bonds. The smallest absolute Gasteiger partial charge is 0.435 e. The van der Waals surface area contributed by atoms with Gasteiger partial charge in [-0.05, 0) is 49.4 Å². The van der Waals surface area contributed by atoms with E-state index < -0.39 is 11.9 Å². The monoisotopic (exact) mass is 654 g/mol. The molecule has 0 aliphatic heterocycles. The van der Waals surface area contributed by atoms with E-state index in [0.29, 0.717) is 30.6 Å². The van der Waals surface area contributed by atoms with Gasteiger partial charge in [0.25, 0.3) is 12.4 Å². The number of hydrogen-bond donors (Lipinski definition) is 5. The molecule has 14 nitrogen and oxygen atoms in total. The van der Waals surface area contributed by atoms with Crippen molar-refractivity contribution in [1.29, 1.82) is 5.26 Å². The highest BCUT2D eigenvalue weighted by atomic mass is 19.4. The summed E-state index contributed by atoms with van der Waals surface area (Å²) in [7, 11) is 0. The van der Waals surface area contributed by atoms with Gasteiger partial charge >= 0.3 is 6.18 Å². The number of aryl methyl sites for hydroxylation is 1. The zero-order valence-corrected chi connectivity index (χ0v) is 25.3. The van der Waals surface area contributed by atoms with E-state index in [1.807, 2.05) is 6.92 Å². The maximum atomic E-state index is 13.7. The van der Waals surface area contributed by atoms with Gasteiger partial charge in [-0.2, -0.15) is 23.5 Å². The molecular formula is C30H33F3N10O4. The Balaban J connectivity index is 0.00000160. The number of amides is 2. The van der Waals surface area contributed by atoms with Gasteiger partial charge in [-0.15, -0.1) is 0 Å². The van der Waals surface area contributed by atoms with Gasteiger partial charge < -0.3 is 26.8 Å². The summed E-state index contributed by atoms with van der Waals surface area (Å²) >= 11 is 0. The van der Waals surface area contributed by atoms with Crippen LogP contribution in [0.15, 0.2) is 43.0 Å². The number of rotatable bonds is 10. The summed E-state index contributed by atoms with van der Waals surface area (Å²) < 4.78 is 43.6. The first kappa shape index (κ1) is 34.4. The van der Waals surface area contributed by atoms with Crippen molar-refractivity contribution in [1.82, 2.24) is 34.8 Å². The van der Waals surface area contributed by atoms with E-state index in [1.165, 1.54) is 29.2 Å². The number of carbonyl (C=O) groups excluding carboxylic acids is 2. The normalized spacial score (nSPS) is 15.7. The molecule has 1 aromatic carbocycles. The van der Waals surface area contributed by atoms with E-state index in [-0.39, 0.29) is 66.1 Å². The Morgan fingerprint density at radius 3 is 2.62 bits per heavy atom. The minimum Gasteiger partial charge on any atom is -0.483 e. The largest absolute Gasteiger partial charge is 0.483 e. The van der Waals surface area contributed by atoms with E-state index >= 15 is 0 Å². The van der Waals surface area contributed by atoms with Crippen molar-refractivity contribution < 1.29 is 32.7 Å². The van der Waals surface area contributed by atoms with E-state index in [9.17, 15) is 22.8 Å². The van der Waals surface area contributed by atoms with Crippen LogP contribution in [0.4, 0.5) is 24.7 Å². The Labute approximate surface area is 266 Å². The summed E-state index contributed by atoms with van der Waals surface area (Å²) in [5, 5.41) is 28.2. The first-order chi connectivity index (χ1) is 22.5. The number of fused-ring (bicyclic) bond motifs is 1. The minimum atomic E-state index is -4.74. The van der Waals surface area contributed by atoms with Crippen LogP contribution in [0.1, 0.15) is 47.8 Å². The first-order valence-corrected chi connectivity index (χ1v) is 14.6. The number of nitriles is 1. The Morgan fingerprint density at radius 1 is 1.21 bits per heavy atom. The van der Waals surface area contributed by atoms with Crippen LogP contribution in [0.2, 0.25) is 0 Å². The molecule has 0 saturated heterocycles. The molecule has 5 rings (SSSR count). The van der Waals surface area contributed by atoms with Crippen molar-refractivity contribution in [3.05, 3.63) is 59.8 Å². The van der Waals surface area contributed by atoms with Crippen LogP contribution in [0.25, 0.3) is 16.9 Å². The lowest BCUT2D eigenvalue weighted by molar-refractivity contribution is -0.141. The van der Waals surface area contributed by atoms with Crippen molar-refractivity contribution in [3.63, 3.8) is 0 Å². The second kappa shape index (κ2) is 15.2. The SMILES string of the molecule is CCc1cc(Nc2nccn3c(-c4cn(CC#N)nc4C(F)(F)F)cnc23)ccc1C(=O)NCCNC(=O)[C@H]1CC[C@@H](N)C1.O=CO. The van der Waals surface area contributed by atoms with Gasteiger partial charge in [-0.25, -0.2) is 9.97 Å². The number of halogens is 3. The Morgan fingerprint density at radius 2 is 1.96 bits per heavy atom. The number of nitrogens with zero attached hydrogens (tertiary/aromatic N) is 6. The van der Waals surface area contributed by atoms with Crippen molar-refractivity contribution >= 4 is 35.4 Å². The van der Waals surface area contributed by atoms with E-state index in [4.69, 9.17) is 20.9 Å². The molecule has 0 spiro atoms. The molecule has 0 unspecified atom stereocenters. The molecule has 17 heteroatoms. The van der Waals surface area contributed by atoms with Gasteiger partial charge in [0.05, 0.1) is 23.5 Å². The lowest BCUT2D eigenvalue weighted by Gasteiger charge is -2.14. The molecule has 6 N–H and O–H groups in total. The molecule has 3 aromatic heterocycles. The second-order valence-corrected chi connectivity index (χ2v) is 10.6. The predicted octanol–water partition coefficient (Wildman–Crippen LogP) is 3.12. The van der Waals surface area contributed by atoms with Gasteiger partial charge in [-0.1, -0.05) is 6.92 Å². The van der Waals surface area contributed by atoms with Crippen LogP contribution < -0.4 is 21.7 Å². The van der Waals surface area contributed by atoms with E-state index in [0.717, 1.165) is 23.1 Å². The highest BCUT2D eigenvalue weighted by Gasteiger charge is 2.38. The average Bonchev–Trinajstić information content (AvgIpc) is 3.78. The lowest BCUT2D eigenvalue weighted by Crippen LogP contribution is -2.37. The third kappa shape index (κ3) is 8.21. The van der Waals surface area contributed by atoms with Gasteiger partial charge in [-0.3, -0.25) is 23.5 Å². The van der Waals surface area contributed by atoms with Gasteiger partial charge in [0, 0.05) is 54.9 Å². The highest BCUT2D eigenvalue weighted by molar-refractivity contribution is 5.96. The molecule has 1 aliphatic rings. The lowest BCUT2D eigenvalue weighted by atomic mass is 10.0. The van der Waals surface area contributed by atoms with Gasteiger partial charge in [0.2, 0.25) is 5.91 Å². The Bertz CT molecular complexity index is 1780. The summed E-state index contributed by atoms with van der Waals surface area (Å²) in [5.74, 6) is -0.108. The fraction of sp³-hybridized carbons (Fsp3) is 0.367. The molecule has 47 heavy (non-hydrogen) atoms. The summed E-state index contributed by atoms with van der Waals surface area (Å²) in [6.07, 6.45) is 3.48. The first-order valence-electron chi connectivity index (χ1n) is 14.6. The number of carboxylic acid groups (broad SMARTS) is 1. The second-order valence-electron chi connectivity index (χ2n) is 10.6. The molecular weight excluding hydrogens is 621 g/mol. The molecule has 2 atom stereocenters. The molecule has 1 fully saturated rings. The zero-order valence-electron chi connectivity index (χ0n) is 25.3. The fourth-order valence-corrected chi connectivity index (χ4v) is 5.36. The summed E-state index contributed by atoms with van der Waals surface area (Å²) in [4.78, 5) is 42.2. The third-order valence-electron chi connectivity index (χ3n) is 7.51. The predicted molar refractivity (Wildman–Crippen MR) is 163 cm³/mol. The summed E-state index contributed by atoms with van der Waals surface area (Å²) in [5.41, 5.74) is 6.78. The van der Waals surface area contributed by atoms with Crippen molar-refractivity contribution in [2.75, 3.05) is 18.4 Å². The standard InChI is InChI=1S/C29H31F3N10O2.CH2O2/c1-2-17-14-20(5-6-21(17)28(44)37-9-8-36-27(43)18-3-4-19(34)13-18)39-25-26-38-15-23(42(26)12-10-35-25)22-16-41(11-7-33)40-24(22)29(30,31)32;2-1-3/h5-6,10,12,14-16,18-19H,2-4,8-9,11,13,34H2,1H3,(H,35,39)(H,36,43)(H,37,44);1H,(H,2,3)/t18-,19+;/m0./s1. The van der Waals surface area contributed by atoms with Crippen molar-refractivity contribution in [2.45, 2.75) is 51.4 Å². The zero-order chi connectivity index (χ0) is 34.1. The van der Waals surface area contributed by atoms with Crippen LogP contribution in [0, 0.1) is 17.2 Å².